The Morgan fingerprint density at radius 1 is 1.05 bits per heavy atom. The number of hydrogen-bond acceptors (Lipinski definition) is 3. The minimum atomic E-state index is 0.127. The molecule has 1 aromatic heterocycles. The molecule has 3 nitrogen and oxygen atoms in total. The molecule has 0 saturated heterocycles. The van der Waals surface area contributed by atoms with Gasteiger partial charge in [-0.2, -0.15) is 0 Å². The monoisotopic (exact) mass is 255 g/mol. The van der Waals surface area contributed by atoms with E-state index >= 15 is 0 Å². The highest BCUT2D eigenvalue weighted by molar-refractivity contribution is 5.74. The van der Waals surface area contributed by atoms with Crippen molar-refractivity contribution in [3.8, 4) is 11.6 Å². The summed E-state index contributed by atoms with van der Waals surface area (Å²) in [5.74, 6) is 1.22. The maximum atomic E-state index is 10.5. The van der Waals surface area contributed by atoms with Crippen molar-refractivity contribution in [3.63, 3.8) is 0 Å². The van der Waals surface area contributed by atoms with Gasteiger partial charge in [0.15, 0.2) is 6.29 Å². The van der Waals surface area contributed by atoms with Crippen LogP contribution >= 0.6 is 0 Å². The van der Waals surface area contributed by atoms with Crippen LogP contribution in [0.1, 0.15) is 36.7 Å². The van der Waals surface area contributed by atoms with E-state index in [1.54, 1.807) is 12.1 Å². The zero-order valence-electron chi connectivity index (χ0n) is 11.4. The van der Waals surface area contributed by atoms with Gasteiger partial charge in [0.1, 0.15) is 5.75 Å². The minimum Gasteiger partial charge on any atom is -0.439 e. The fourth-order valence-electron chi connectivity index (χ4n) is 1.67. The molecule has 0 aliphatic rings. The molecule has 0 saturated carbocycles. The van der Waals surface area contributed by atoms with Crippen LogP contribution in [0, 0.1) is 0 Å². The van der Waals surface area contributed by atoms with Gasteiger partial charge in [-0.1, -0.05) is 32.9 Å². The Kier molecular flexibility index (Phi) is 3.65. The second-order valence-electron chi connectivity index (χ2n) is 5.42. The van der Waals surface area contributed by atoms with Gasteiger partial charge in [0.2, 0.25) is 5.88 Å². The van der Waals surface area contributed by atoms with Gasteiger partial charge in [-0.3, -0.25) is 4.79 Å². The first kappa shape index (κ1) is 13.3. The van der Waals surface area contributed by atoms with E-state index in [-0.39, 0.29) is 5.41 Å². The van der Waals surface area contributed by atoms with E-state index in [0.29, 0.717) is 11.4 Å². The first-order valence-electron chi connectivity index (χ1n) is 6.19. The van der Waals surface area contributed by atoms with Crippen LogP contribution in [0.5, 0.6) is 11.6 Å². The van der Waals surface area contributed by atoms with Gasteiger partial charge in [-0.05, 0) is 29.2 Å². The molecule has 0 bridgehead atoms. The quantitative estimate of drug-likeness (QED) is 0.778. The molecule has 2 rings (SSSR count). The average Bonchev–Trinajstić information content (AvgIpc) is 2.39. The van der Waals surface area contributed by atoms with E-state index in [1.807, 2.05) is 12.1 Å². The molecule has 0 unspecified atom stereocenters. The van der Waals surface area contributed by atoms with Crippen molar-refractivity contribution in [1.29, 1.82) is 0 Å². The summed E-state index contributed by atoms with van der Waals surface area (Å²) in [7, 11) is 0. The van der Waals surface area contributed by atoms with Gasteiger partial charge in [0, 0.05) is 17.8 Å². The Hall–Kier alpha value is -2.16. The average molecular weight is 255 g/mol. The number of aldehydes is 1. The van der Waals surface area contributed by atoms with Gasteiger partial charge in [0.05, 0.1) is 0 Å². The fraction of sp³-hybridized carbons (Fsp3) is 0.250. The molecule has 0 aliphatic carbocycles. The van der Waals surface area contributed by atoms with Gasteiger partial charge in [-0.15, -0.1) is 0 Å². The standard InChI is InChI=1S/C16H17NO2/c1-16(2,3)13-5-7-14(8-6-13)19-15-9-4-12(11-18)10-17-15/h4-11H,1-3H3. The zero-order chi connectivity index (χ0) is 13.9. The molecule has 0 radical (unpaired) electrons. The highest BCUT2D eigenvalue weighted by Gasteiger charge is 2.13. The Morgan fingerprint density at radius 3 is 2.21 bits per heavy atom. The Morgan fingerprint density at radius 2 is 1.74 bits per heavy atom. The molecular formula is C16H17NO2. The lowest BCUT2D eigenvalue weighted by molar-refractivity contribution is 0.112. The third-order valence-corrected chi connectivity index (χ3v) is 2.84. The molecular weight excluding hydrogens is 238 g/mol. The third-order valence-electron chi connectivity index (χ3n) is 2.84. The highest BCUT2D eigenvalue weighted by Crippen LogP contribution is 2.26. The first-order valence-corrected chi connectivity index (χ1v) is 6.19. The van der Waals surface area contributed by atoms with Crippen molar-refractivity contribution in [3.05, 3.63) is 53.7 Å². The number of hydrogen-bond donors (Lipinski definition) is 0. The third kappa shape index (κ3) is 3.41. The maximum absolute atomic E-state index is 10.5. The van der Waals surface area contributed by atoms with Crippen molar-refractivity contribution in [1.82, 2.24) is 4.98 Å². The van der Waals surface area contributed by atoms with Crippen LogP contribution in [0.15, 0.2) is 42.6 Å². The molecule has 0 N–H and O–H groups in total. The lowest BCUT2D eigenvalue weighted by atomic mass is 9.87. The van der Waals surface area contributed by atoms with Crippen molar-refractivity contribution in [2.75, 3.05) is 0 Å². The van der Waals surface area contributed by atoms with Crippen molar-refractivity contribution >= 4 is 6.29 Å². The number of rotatable bonds is 3. The molecule has 1 aromatic carbocycles. The number of ether oxygens (including phenoxy) is 1. The summed E-state index contributed by atoms with van der Waals surface area (Å²) in [5.41, 5.74) is 1.92. The molecule has 0 fully saturated rings. The molecule has 0 aliphatic heterocycles. The predicted octanol–water partition coefficient (Wildman–Crippen LogP) is 3.98. The van der Waals surface area contributed by atoms with E-state index in [4.69, 9.17) is 4.74 Å². The Balaban J connectivity index is 2.12. The van der Waals surface area contributed by atoms with Gasteiger partial charge in [-0.25, -0.2) is 4.98 Å². The van der Waals surface area contributed by atoms with Crippen LogP contribution in [-0.4, -0.2) is 11.3 Å². The largest absolute Gasteiger partial charge is 0.439 e. The van der Waals surface area contributed by atoms with Crippen molar-refractivity contribution in [2.24, 2.45) is 0 Å². The van der Waals surface area contributed by atoms with Gasteiger partial charge in [0.25, 0.3) is 0 Å². The van der Waals surface area contributed by atoms with E-state index < -0.39 is 0 Å². The van der Waals surface area contributed by atoms with E-state index in [0.717, 1.165) is 12.0 Å². The van der Waals surface area contributed by atoms with Crippen LogP contribution in [0.3, 0.4) is 0 Å². The minimum absolute atomic E-state index is 0.127. The van der Waals surface area contributed by atoms with Crippen molar-refractivity contribution < 1.29 is 9.53 Å². The maximum Gasteiger partial charge on any atom is 0.219 e. The van der Waals surface area contributed by atoms with Crippen molar-refractivity contribution in [2.45, 2.75) is 26.2 Å². The summed E-state index contributed by atoms with van der Waals surface area (Å²) in [5, 5.41) is 0. The fourth-order valence-corrected chi connectivity index (χ4v) is 1.67. The van der Waals surface area contributed by atoms with Crippen LogP contribution in [0.25, 0.3) is 0 Å². The number of benzene rings is 1. The predicted molar refractivity (Wildman–Crippen MR) is 74.8 cm³/mol. The summed E-state index contributed by atoms with van der Waals surface area (Å²) >= 11 is 0. The number of nitrogens with zero attached hydrogens (tertiary/aromatic N) is 1. The number of pyridine rings is 1. The molecule has 0 spiro atoms. The SMILES string of the molecule is CC(C)(C)c1ccc(Oc2ccc(C=O)cn2)cc1. The van der Waals surface area contributed by atoms with Gasteiger partial charge >= 0.3 is 0 Å². The molecule has 1 heterocycles. The van der Waals surface area contributed by atoms with Crippen LogP contribution in [0.2, 0.25) is 0 Å². The highest BCUT2D eigenvalue weighted by atomic mass is 16.5. The first-order chi connectivity index (χ1) is 8.99. The number of carbonyl (C=O) groups excluding carboxylic acids is 1. The number of aromatic nitrogens is 1. The molecule has 0 amide bonds. The van der Waals surface area contributed by atoms with Gasteiger partial charge < -0.3 is 4.74 Å². The van der Waals surface area contributed by atoms with Crippen LogP contribution in [-0.2, 0) is 5.41 Å². The lowest BCUT2D eigenvalue weighted by Crippen LogP contribution is -2.10. The zero-order valence-corrected chi connectivity index (χ0v) is 11.4. The van der Waals surface area contributed by atoms with Crippen LogP contribution < -0.4 is 4.74 Å². The summed E-state index contributed by atoms with van der Waals surface area (Å²) < 4.78 is 5.62. The molecule has 2 aromatic rings. The summed E-state index contributed by atoms with van der Waals surface area (Å²) in [6.07, 6.45) is 2.25. The van der Waals surface area contributed by atoms with E-state index in [9.17, 15) is 4.79 Å². The molecule has 0 atom stereocenters. The Labute approximate surface area is 113 Å². The summed E-state index contributed by atoms with van der Waals surface area (Å²) in [6, 6.07) is 11.3. The molecule has 98 valence electrons. The Bertz CT molecular complexity index is 551. The lowest BCUT2D eigenvalue weighted by Gasteiger charge is -2.19. The topological polar surface area (TPSA) is 39.2 Å². The summed E-state index contributed by atoms with van der Waals surface area (Å²) in [4.78, 5) is 14.6. The van der Waals surface area contributed by atoms with E-state index in [1.165, 1.54) is 11.8 Å². The van der Waals surface area contributed by atoms with Crippen LogP contribution in [0.4, 0.5) is 0 Å². The second-order valence-corrected chi connectivity index (χ2v) is 5.42. The smallest absolute Gasteiger partial charge is 0.219 e. The second kappa shape index (κ2) is 5.22. The number of carbonyl (C=O) groups is 1. The summed E-state index contributed by atoms with van der Waals surface area (Å²) in [6.45, 7) is 6.51. The molecule has 19 heavy (non-hydrogen) atoms. The normalized spacial score (nSPS) is 11.1. The molecule has 3 heteroatoms. The van der Waals surface area contributed by atoms with E-state index in [2.05, 4.69) is 37.9 Å².